The Kier molecular flexibility index (Phi) is 10.5. The Morgan fingerprint density at radius 1 is 1.13 bits per heavy atom. The van der Waals surface area contributed by atoms with Crippen LogP contribution in [-0.4, -0.2) is 4.98 Å². The molecule has 0 aliphatic heterocycles. The van der Waals surface area contributed by atoms with Crippen molar-refractivity contribution < 1.29 is 0 Å². The van der Waals surface area contributed by atoms with Crippen LogP contribution in [0.4, 0.5) is 0 Å². The third kappa shape index (κ3) is 7.44. The summed E-state index contributed by atoms with van der Waals surface area (Å²) in [4.78, 5) is 4.94. The van der Waals surface area contributed by atoms with Gasteiger partial charge in [-0.25, -0.2) is 0 Å². The van der Waals surface area contributed by atoms with Crippen molar-refractivity contribution >= 4 is 11.1 Å². The van der Waals surface area contributed by atoms with Gasteiger partial charge in [-0.1, -0.05) is 90.2 Å². The van der Waals surface area contributed by atoms with Gasteiger partial charge >= 0.3 is 0 Å². The first-order valence-electron chi connectivity index (χ1n) is 11.2. The molecule has 0 radical (unpaired) electrons. The van der Waals surface area contributed by atoms with E-state index < -0.39 is 0 Å². The van der Waals surface area contributed by atoms with Crippen molar-refractivity contribution in [2.75, 3.05) is 0 Å². The Morgan fingerprint density at radius 3 is 2.27 bits per heavy atom. The van der Waals surface area contributed by atoms with E-state index in [1.807, 2.05) is 12.3 Å². The molecule has 1 heterocycles. The summed E-state index contributed by atoms with van der Waals surface area (Å²) in [5.74, 6) is 0.938. The molecule has 0 bridgehead atoms. The van der Waals surface area contributed by atoms with Crippen LogP contribution in [-0.2, 0) is 0 Å². The molecular formula is C29H41N. The van der Waals surface area contributed by atoms with E-state index in [1.165, 1.54) is 22.3 Å². The molecule has 0 saturated carbocycles. The van der Waals surface area contributed by atoms with Crippen molar-refractivity contribution in [3.63, 3.8) is 0 Å². The third-order valence-corrected chi connectivity index (χ3v) is 5.27. The predicted molar refractivity (Wildman–Crippen MR) is 136 cm³/mol. The first-order chi connectivity index (χ1) is 14.1. The summed E-state index contributed by atoms with van der Waals surface area (Å²) < 4.78 is 0. The number of nitrogens with zero attached hydrogens (tertiary/aromatic N) is 1. The lowest BCUT2D eigenvalue weighted by Crippen LogP contribution is -2.00. The summed E-state index contributed by atoms with van der Waals surface area (Å²) in [6, 6.07) is 2.26. The monoisotopic (exact) mass is 403 g/mol. The average Bonchev–Trinajstić information content (AvgIpc) is 2.69. The number of rotatable bonds is 10. The zero-order valence-corrected chi connectivity index (χ0v) is 20.5. The Balaban J connectivity index is 3.60. The summed E-state index contributed by atoms with van der Waals surface area (Å²) >= 11 is 0. The van der Waals surface area contributed by atoms with Crippen molar-refractivity contribution in [1.82, 2.24) is 4.98 Å². The van der Waals surface area contributed by atoms with Crippen LogP contribution in [0.25, 0.3) is 11.1 Å². The normalized spacial score (nSPS) is 14.8. The molecule has 0 aromatic carbocycles. The summed E-state index contributed by atoms with van der Waals surface area (Å²) in [5, 5.41) is 0. The lowest BCUT2D eigenvalue weighted by Gasteiger charge is -2.15. The lowest BCUT2D eigenvalue weighted by atomic mass is 9.92. The second-order valence-electron chi connectivity index (χ2n) is 8.60. The van der Waals surface area contributed by atoms with Gasteiger partial charge in [-0.2, -0.15) is 0 Å². The van der Waals surface area contributed by atoms with Crippen LogP contribution in [0.15, 0.2) is 72.5 Å². The summed E-state index contributed by atoms with van der Waals surface area (Å²) in [5.41, 5.74) is 9.21. The minimum absolute atomic E-state index is 0.433. The number of pyridine rings is 1. The summed E-state index contributed by atoms with van der Waals surface area (Å²) in [7, 11) is 0. The topological polar surface area (TPSA) is 12.9 Å². The molecule has 0 amide bonds. The van der Waals surface area contributed by atoms with Gasteiger partial charge in [-0.05, 0) is 72.9 Å². The molecule has 0 fully saturated rings. The van der Waals surface area contributed by atoms with Gasteiger partial charge < -0.3 is 0 Å². The van der Waals surface area contributed by atoms with Crippen LogP contribution in [0.5, 0.6) is 0 Å². The van der Waals surface area contributed by atoms with E-state index in [4.69, 9.17) is 4.98 Å². The standard InChI is InChI=1S/C29H41N/c1-11-14-25(13-3)28(15-20(4)5)29-24(10)18-27(19-30-29)26(16-22(8)12-2)17-23(9)21(6)7/h13-20,22H,3,6,11-12H2,1-2,4-5,7-10H3/b23-17-,25-14+,26-16+,28-15-. The summed E-state index contributed by atoms with van der Waals surface area (Å²) in [6.07, 6.45) is 15.1. The maximum Gasteiger partial charge on any atom is 0.0734 e. The number of aryl methyl sites for hydroxylation is 1. The highest BCUT2D eigenvalue weighted by atomic mass is 14.7. The number of aromatic nitrogens is 1. The Hall–Kier alpha value is -2.41. The molecule has 30 heavy (non-hydrogen) atoms. The predicted octanol–water partition coefficient (Wildman–Crippen LogP) is 8.90. The fourth-order valence-corrected chi connectivity index (χ4v) is 3.19. The smallest absolute Gasteiger partial charge is 0.0734 e. The van der Waals surface area contributed by atoms with Crippen LogP contribution in [0.1, 0.15) is 78.1 Å². The molecule has 162 valence electrons. The lowest BCUT2D eigenvalue weighted by molar-refractivity contribution is 0.700. The molecule has 1 unspecified atom stereocenters. The highest BCUT2D eigenvalue weighted by Crippen LogP contribution is 2.30. The zero-order chi connectivity index (χ0) is 22.8. The van der Waals surface area contributed by atoms with Crippen LogP contribution in [0, 0.1) is 18.8 Å². The maximum atomic E-state index is 4.94. The molecule has 0 saturated heterocycles. The van der Waals surface area contributed by atoms with Gasteiger partial charge in [0.15, 0.2) is 0 Å². The molecular weight excluding hydrogens is 362 g/mol. The Labute approximate surface area is 185 Å². The second-order valence-corrected chi connectivity index (χ2v) is 8.60. The van der Waals surface area contributed by atoms with E-state index >= 15 is 0 Å². The molecule has 1 rings (SSSR count). The van der Waals surface area contributed by atoms with E-state index in [9.17, 15) is 0 Å². The SMILES string of the molecule is C=CC(=C\CC)/C(=C/C(C)C)c1ncc(C(/C=C(/C)C(=C)C)=C/C(C)CC)cc1C. The van der Waals surface area contributed by atoms with E-state index in [-0.39, 0.29) is 0 Å². The van der Waals surface area contributed by atoms with E-state index in [2.05, 4.69) is 98.9 Å². The van der Waals surface area contributed by atoms with E-state index in [0.717, 1.165) is 35.2 Å². The van der Waals surface area contributed by atoms with Crippen LogP contribution in [0.2, 0.25) is 0 Å². The van der Waals surface area contributed by atoms with Gasteiger partial charge in [0.1, 0.15) is 0 Å². The van der Waals surface area contributed by atoms with Crippen molar-refractivity contribution in [1.29, 1.82) is 0 Å². The molecule has 1 aromatic rings. The molecule has 0 aliphatic carbocycles. The largest absolute Gasteiger partial charge is 0.255 e. The average molecular weight is 404 g/mol. The van der Waals surface area contributed by atoms with Crippen molar-refractivity contribution in [2.45, 2.75) is 68.2 Å². The second kappa shape index (κ2) is 12.3. The van der Waals surface area contributed by atoms with Gasteiger partial charge in [0.05, 0.1) is 5.69 Å². The molecule has 0 N–H and O–H groups in total. The van der Waals surface area contributed by atoms with Gasteiger partial charge in [-0.15, -0.1) is 0 Å². The van der Waals surface area contributed by atoms with E-state index in [1.54, 1.807) is 0 Å². The fourth-order valence-electron chi connectivity index (χ4n) is 3.19. The number of hydrogen-bond acceptors (Lipinski definition) is 1. The summed E-state index contributed by atoms with van der Waals surface area (Å²) in [6.45, 7) is 25.5. The van der Waals surface area contributed by atoms with Crippen molar-refractivity contribution in [2.24, 2.45) is 11.8 Å². The highest BCUT2D eigenvalue weighted by Gasteiger charge is 2.13. The minimum atomic E-state index is 0.433. The molecule has 1 aromatic heterocycles. The molecule has 1 heteroatoms. The fraction of sp³-hybridized carbons (Fsp3) is 0.414. The maximum absolute atomic E-state index is 4.94. The highest BCUT2D eigenvalue weighted by molar-refractivity contribution is 5.83. The number of allylic oxidation sites excluding steroid dienone is 10. The van der Waals surface area contributed by atoms with Crippen molar-refractivity contribution in [3.8, 4) is 0 Å². The van der Waals surface area contributed by atoms with E-state index in [0.29, 0.717) is 11.8 Å². The quantitative estimate of drug-likeness (QED) is 0.355. The Morgan fingerprint density at radius 2 is 1.80 bits per heavy atom. The van der Waals surface area contributed by atoms with Crippen molar-refractivity contribution in [3.05, 3.63) is 89.3 Å². The van der Waals surface area contributed by atoms with Crippen LogP contribution in [0.3, 0.4) is 0 Å². The van der Waals surface area contributed by atoms with Crippen LogP contribution < -0.4 is 0 Å². The first-order valence-corrected chi connectivity index (χ1v) is 11.2. The third-order valence-electron chi connectivity index (χ3n) is 5.27. The zero-order valence-electron chi connectivity index (χ0n) is 20.5. The number of hydrogen-bond donors (Lipinski definition) is 0. The molecule has 1 atom stereocenters. The van der Waals surface area contributed by atoms with Gasteiger partial charge in [-0.3, -0.25) is 4.98 Å². The minimum Gasteiger partial charge on any atom is -0.255 e. The van der Waals surface area contributed by atoms with Crippen LogP contribution >= 0.6 is 0 Å². The Bertz CT molecular complexity index is 872. The van der Waals surface area contributed by atoms with Gasteiger partial charge in [0.25, 0.3) is 0 Å². The molecule has 1 nitrogen and oxygen atoms in total. The molecule has 0 aliphatic rings. The van der Waals surface area contributed by atoms with Gasteiger partial charge in [0.2, 0.25) is 0 Å². The molecule has 0 spiro atoms. The first kappa shape index (κ1) is 25.6. The van der Waals surface area contributed by atoms with Gasteiger partial charge in [0, 0.05) is 11.8 Å².